The molecule has 0 fully saturated rings. The zero-order valence-electron chi connectivity index (χ0n) is 30.9. The number of hydrogen-bond donors (Lipinski definition) is 4. The maximum Gasteiger partial charge on any atom is 0.306 e. The molecule has 0 aliphatic carbocycles. The topological polar surface area (TPSA) is 158 Å². The zero-order chi connectivity index (χ0) is 38.9. The quantitative estimate of drug-likeness (QED) is 0.0826. The number of rotatable bonds is 16. The zero-order valence-corrected chi connectivity index (χ0v) is 31.6. The lowest BCUT2D eigenvalue weighted by atomic mass is 9.89. The number of aliphatic hydroxyl groups is 1. The summed E-state index contributed by atoms with van der Waals surface area (Å²) in [5.41, 5.74) is 10.3. The number of carbonyl (C=O) groups is 1. The first-order valence-corrected chi connectivity index (χ1v) is 18.2. The van der Waals surface area contributed by atoms with Crippen LogP contribution < -0.4 is 24.8 Å². The molecule has 55 heavy (non-hydrogen) atoms. The number of ether oxygens (including phenoxy) is 3. The summed E-state index contributed by atoms with van der Waals surface area (Å²) < 4.78 is 18.3. The summed E-state index contributed by atoms with van der Waals surface area (Å²) in [4.78, 5) is 19.7. The van der Waals surface area contributed by atoms with Crippen LogP contribution in [-0.4, -0.2) is 59.8 Å². The van der Waals surface area contributed by atoms with Crippen molar-refractivity contribution in [3.8, 4) is 45.6 Å². The number of methoxy groups -OCH3 is 1. The van der Waals surface area contributed by atoms with E-state index in [-0.39, 0.29) is 32.7 Å². The van der Waals surface area contributed by atoms with Crippen molar-refractivity contribution >= 4 is 23.4 Å². The van der Waals surface area contributed by atoms with Crippen molar-refractivity contribution in [3.05, 3.63) is 129 Å². The lowest BCUT2D eigenvalue weighted by Gasteiger charge is -2.19. The van der Waals surface area contributed by atoms with E-state index >= 15 is 0 Å². The first-order valence-electron chi connectivity index (χ1n) is 17.8. The average molecular weight is 760 g/mol. The van der Waals surface area contributed by atoms with Crippen LogP contribution in [0.4, 0.5) is 0 Å². The van der Waals surface area contributed by atoms with Crippen molar-refractivity contribution in [2.75, 3.05) is 26.7 Å². The van der Waals surface area contributed by atoms with E-state index in [0.717, 1.165) is 69.2 Å². The number of nitrogens with one attached hydrogen (secondary N) is 2. The Balaban J connectivity index is 1.23. The summed E-state index contributed by atoms with van der Waals surface area (Å²) >= 11 is 6.77. The van der Waals surface area contributed by atoms with Crippen LogP contribution in [0.25, 0.3) is 22.3 Å². The Labute approximate surface area is 325 Å². The predicted molar refractivity (Wildman–Crippen MR) is 212 cm³/mol. The molecular weight excluding hydrogens is 718 g/mol. The molecule has 4 N–H and O–H groups in total. The van der Waals surface area contributed by atoms with Crippen LogP contribution in [-0.2, 0) is 24.6 Å². The Hall–Kier alpha value is -5.93. The van der Waals surface area contributed by atoms with Gasteiger partial charge in [-0.1, -0.05) is 54.1 Å². The first-order chi connectivity index (χ1) is 26.6. The lowest BCUT2D eigenvalue weighted by molar-refractivity contribution is -0.139. The van der Waals surface area contributed by atoms with Gasteiger partial charge in [0.1, 0.15) is 42.4 Å². The molecule has 0 spiro atoms. The summed E-state index contributed by atoms with van der Waals surface area (Å²) in [5, 5.41) is 35.1. The molecule has 0 bridgehead atoms. The smallest absolute Gasteiger partial charge is 0.306 e. The standard InChI is InChI=1S/C43H42ClN5O6/c1-26-31(6-4-8-35(26)36-9-5-7-34(27(36)2)30-10-11-37(40(16-30)53-3)43-48-12-13-49-43)25-55-41-18-39(54-24-29-14-28(19-45)20-46-21-29)32(15-38(41)44)22-47-23-33(50)17-42(51)52/h4-11,14-16,18,20-21,33,47,50H,12-13,17,22-25H2,1-3H3,(H,48,49)(H,51,52)/t33-/m0/s1. The minimum atomic E-state index is -1.09. The molecule has 1 atom stereocenters. The Bertz CT molecular complexity index is 2270. The monoisotopic (exact) mass is 759 g/mol. The second-order valence-corrected chi connectivity index (χ2v) is 13.6. The summed E-state index contributed by atoms with van der Waals surface area (Å²) in [7, 11) is 1.68. The van der Waals surface area contributed by atoms with Gasteiger partial charge in [0, 0.05) is 49.2 Å². The molecule has 2 heterocycles. The molecular formula is C43H42ClN5O6. The number of aliphatic hydroxyl groups excluding tert-OH is 1. The molecule has 1 aliphatic heterocycles. The van der Waals surface area contributed by atoms with Gasteiger partial charge < -0.3 is 35.1 Å². The number of nitrogens with zero attached hydrogens (tertiary/aromatic N) is 3. The van der Waals surface area contributed by atoms with Gasteiger partial charge in [-0.3, -0.25) is 14.8 Å². The minimum Gasteiger partial charge on any atom is -0.496 e. The number of benzene rings is 4. The molecule has 11 nitrogen and oxygen atoms in total. The molecule has 6 rings (SSSR count). The second kappa shape index (κ2) is 17.9. The molecule has 12 heteroatoms. The predicted octanol–water partition coefficient (Wildman–Crippen LogP) is 7.00. The molecule has 1 aliphatic rings. The summed E-state index contributed by atoms with van der Waals surface area (Å²) in [6.45, 7) is 6.45. The van der Waals surface area contributed by atoms with Gasteiger partial charge in [0.2, 0.25) is 0 Å². The van der Waals surface area contributed by atoms with Crippen molar-refractivity contribution in [3.63, 3.8) is 0 Å². The number of nitriles is 1. The van der Waals surface area contributed by atoms with Crippen LogP contribution in [0.3, 0.4) is 0 Å². The van der Waals surface area contributed by atoms with Crippen LogP contribution in [0.5, 0.6) is 17.2 Å². The van der Waals surface area contributed by atoms with Gasteiger partial charge in [0.05, 0.1) is 42.3 Å². The number of pyridine rings is 1. The number of aliphatic carboxylic acids is 1. The van der Waals surface area contributed by atoms with E-state index in [0.29, 0.717) is 33.2 Å². The Kier molecular flexibility index (Phi) is 12.6. The highest BCUT2D eigenvalue weighted by Crippen LogP contribution is 2.38. The minimum absolute atomic E-state index is 0.0576. The molecule has 0 saturated carbocycles. The van der Waals surface area contributed by atoms with Gasteiger partial charge >= 0.3 is 5.97 Å². The highest BCUT2D eigenvalue weighted by atomic mass is 35.5. The van der Waals surface area contributed by atoms with Gasteiger partial charge in [-0.05, 0) is 77.1 Å². The molecule has 1 aromatic heterocycles. The third-order valence-corrected chi connectivity index (χ3v) is 9.73. The van der Waals surface area contributed by atoms with Gasteiger partial charge in [-0.25, -0.2) is 0 Å². The number of carboxylic acid groups (broad SMARTS) is 1. The molecule has 0 amide bonds. The van der Waals surface area contributed by atoms with Crippen LogP contribution in [0, 0.1) is 25.2 Å². The fraction of sp³-hybridized carbons (Fsp3) is 0.256. The highest BCUT2D eigenvalue weighted by Gasteiger charge is 2.18. The van der Waals surface area contributed by atoms with E-state index in [9.17, 15) is 15.2 Å². The van der Waals surface area contributed by atoms with Crippen molar-refractivity contribution in [2.45, 2.75) is 46.1 Å². The average Bonchev–Trinajstić information content (AvgIpc) is 3.72. The van der Waals surface area contributed by atoms with E-state index in [1.54, 1.807) is 31.5 Å². The molecule has 0 saturated heterocycles. The number of aliphatic imine (C=N–C) groups is 1. The first kappa shape index (κ1) is 38.8. The van der Waals surface area contributed by atoms with Gasteiger partial charge in [-0.15, -0.1) is 0 Å². The molecule has 0 radical (unpaired) electrons. The largest absolute Gasteiger partial charge is 0.496 e. The van der Waals surface area contributed by atoms with Gasteiger partial charge in [-0.2, -0.15) is 5.26 Å². The van der Waals surface area contributed by atoms with Crippen LogP contribution in [0.1, 0.15) is 45.4 Å². The third kappa shape index (κ3) is 9.42. The molecule has 5 aromatic rings. The number of aromatic nitrogens is 1. The number of hydrogen-bond acceptors (Lipinski definition) is 10. The Morgan fingerprint density at radius 1 is 0.927 bits per heavy atom. The molecule has 0 unspecified atom stereocenters. The van der Waals surface area contributed by atoms with Gasteiger partial charge in [0.15, 0.2) is 0 Å². The normalized spacial score (nSPS) is 12.7. The SMILES string of the molecule is COc1cc(-c2cccc(-c3cccc(COc4cc(OCc5cncc(C#N)c5)c(CNC[C@@H](O)CC(=O)O)cc4Cl)c3C)c2C)ccc1C1=NCCN1. The summed E-state index contributed by atoms with van der Waals surface area (Å²) in [6.07, 6.45) is 1.66. The maximum absolute atomic E-state index is 11.0. The van der Waals surface area contributed by atoms with E-state index in [1.807, 2.05) is 12.1 Å². The van der Waals surface area contributed by atoms with E-state index in [4.69, 9.17) is 30.9 Å². The van der Waals surface area contributed by atoms with Crippen LogP contribution >= 0.6 is 11.6 Å². The fourth-order valence-corrected chi connectivity index (χ4v) is 6.80. The van der Waals surface area contributed by atoms with E-state index in [2.05, 4.69) is 83.0 Å². The fourth-order valence-electron chi connectivity index (χ4n) is 6.55. The number of amidine groups is 1. The second-order valence-electron chi connectivity index (χ2n) is 13.2. The van der Waals surface area contributed by atoms with Crippen molar-refractivity contribution < 1.29 is 29.2 Å². The Morgan fingerprint density at radius 3 is 2.44 bits per heavy atom. The van der Waals surface area contributed by atoms with Crippen LogP contribution in [0.15, 0.2) is 90.2 Å². The van der Waals surface area contributed by atoms with E-state index in [1.165, 1.54) is 6.20 Å². The summed E-state index contributed by atoms with van der Waals surface area (Å²) in [6, 6.07) is 25.9. The summed E-state index contributed by atoms with van der Waals surface area (Å²) in [5.74, 6) is 1.41. The van der Waals surface area contributed by atoms with E-state index < -0.39 is 12.1 Å². The molecule has 282 valence electrons. The molecule has 4 aromatic carbocycles. The highest BCUT2D eigenvalue weighted by molar-refractivity contribution is 6.32. The maximum atomic E-state index is 11.0. The van der Waals surface area contributed by atoms with Crippen molar-refractivity contribution in [1.29, 1.82) is 5.26 Å². The third-order valence-electron chi connectivity index (χ3n) is 9.43. The Morgan fingerprint density at radius 2 is 1.69 bits per heavy atom. The van der Waals surface area contributed by atoms with Crippen molar-refractivity contribution in [1.82, 2.24) is 15.6 Å². The van der Waals surface area contributed by atoms with Gasteiger partial charge in [0.25, 0.3) is 0 Å². The van der Waals surface area contributed by atoms with Crippen molar-refractivity contribution in [2.24, 2.45) is 4.99 Å². The number of halogens is 1. The lowest BCUT2D eigenvalue weighted by Crippen LogP contribution is -2.28. The van der Waals surface area contributed by atoms with Crippen LogP contribution in [0.2, 0.25) is 5.02 Å². The number of carboxylic acids is 1.